The maximum absolute atomic E-state index is 5.81. The van der Waals surface area contributed by atoms with Gasteiger partial charge in [-0.05, 0) is 12.8 Å². The van der Waals surface area contributed by atoms with Gasteiger partial charge >= 0.3 is 0 Å². The number of hydrogen-bond acceptors (Lipinski definition) is 7. The van der Waals surface area contributed by atoms with Crippen LogP contribution in [0.2, 0.25) is 0 Å². The molecule has 2 N–H and O–H groups in total. The molecule has 8 nitrogen and oxygen atoms in total. The fourth-order valence-corrected chi connectivity index (χ4v) is 2.75. The molecule has 21 heavy (non-hydrogen) atoms. The number of nitrogens with zero attached hydrogens (tertiary/aromatic N) is 7. The van der Waals surface area contributed by atoms with Gasteiger partial charge in [0.15, 0.2) is 0 Å². The fraction of sp³-hybridized carbons (Fsp3) is 0.615. The standard InChI is InChI=1S/C13H20N8/c1-20(10-6-4-2-3-5-7-10)12-17-11(14)18-13(19-12)21-9-15-8-16-21/h8-10H,2-7H2,1H3,(H2,14,17,18,19). The van der Waals surface area contributed by atoms with Gasteiger partial charge in [0, 0.05) is 13.1 Å². The van der Waals surface area contributed by atoms with Crippen LogP contribution >= 0.6 is 0 Å². The summed E-state index contributed by atoms with van der Waals surface area (Å²) in [7, 11) is 2.02. The third-order valence-corrected chi connectivity index (χ3v) is 3.94. The van der Waals surface area contributed by atoms with E-state index in [1.165, 1.54) is 49.5 Å². The lowest BCUT2D eigenvalue weighted by Crippen LogP contribution is -2.33. The molecule has 0 aromatic carbocycles. The van der Waals surface area contributed by atoms with E-state index in [-0.39, 0.29) is 5.95 Å². The summed E-state index contributed by atoms with van der Waals surface area (Å²) >= 11 is 0. The van der Waals surface area contributed by atoms with Crippen LogP contribution in [0.5, 0.6) is 0 Å². The molecule has 0 bridgehead atoms. The Labute approximate surface area is 123 Å². The minimum absolute atomic E-state index is 0.200. The zero-order chi connectivity index (χ0) is 14.7. The molecule has 1 aliphatic rings. The second-order valence-electron chi connectivity index (χ2n) is 5.39. The van der Waals surface area contributed by atoms with E-state index in [0.29, 0.717) is 17.9 Å². The van der Waals surface area contributed by atoms with E-state index in [9.17, 15) is 0 Å². The Hall–Kier alpha value is -2.25. The van der Waals surface area contributed by atoms with Crippen LogP contribution in [0.15, 0.2) is 12.7 Å². The first-order valence-electron chi connectivity index (χ1n) is 7.33. The summed E-state index contributed by atoms with van der Waals surface area (Å²) in [5.74, 6) is 1.20. The van der Waals surface area contributed by atoms with Gasteiger partial charge in [0.05, 0.1) is 0 Å². The first-order valence-corrected chi connectivity index (χ1v) is 7.33. The smallest absolute Gasteiger partial charge is 0.258 e. The van der Waals surface area contributed by atoms with Crippen molar-refractivity contribution in [2.45, 2.75) is 44.6 Å². The van der Waals surface area contributed by atoms with Crippen molar-refractivity contribution in [3.63, 3.8) is 0 Å². The Kier molecular flexibility index (Phi) is 3.94. The van der Waals surface area contributed by atoms with Crippen molar-refractivity contribution in [2.24, 2.45) is 0 Å². The van der Waals surface area contributed by atoms with Crippen LogP contribution in [0.3, 0.4) is 0 Å². The summed E-state index contributed by atoms with van der Waals surface area (Å²) in [4.78, 5) is 18.9. The molecule has 1 aliphatic carbocycles. The van der Waals surface area contributed by atoms with E-state index in [1.807, 2.05) is 7.05 Å². The molecule has 0 unspecified atom stereocenters. The van der Waals surface area contributed by atoms with Gasteiger partial charge in [-0.2, -0.15) is 24.7 Å². The van der Waals surface area contributed by atoms with Gasteiger partial charge in [0.1, 0.15) is 12.7 Å². The summed E-state index contributed by atoms with van der Waals surface area (Å²) in [6.45, 7) is 0. The van der Waals surface area contributed by atoms with Gasteiger partial charge in [-0.15, -0.1) is 0 Å². The van der Waals surface area contributed by atoms with Crippen molar-refractivity contribution in [3.05, 3.63) is 12.7 Å². The average molecular weight is 288 g/mol. The number of nitrogen functional groups attached to an aromatic ring is 1. The van der Waals surface area contributed by atoms with Crippen LogP contribution in [0.25, 0.3) is 5.95 Å². The van der Waals surface area contributed by atoms with Crippen LogP contribution in [-0.4, -0.2) is 42.8 Å². The highest BCUT2D eigenvalue weighted by atomic mass is 15.4. The summed E-state index contributed by atoms with van der Waals surface area (Å²) in [6.07, 6.45) is 10.5. The number of anilines is 2. The highest BCUT2D eigenvalue weighted by Crippen LogP contribution is 2.23. The van der Waals surface area contributed by atoms with Crippen molar-refractivity contribution in [2.75, 3.05) is 17.7 Å². The van der Waals surface area contributed by atoms with Crippen molar-refractivity contribution >= 4 is 11.9 Å². The van der Waals surface area contributed by atoms with Crippen molar-refractivity contribution < 1.29 is 0 Å². The molecule has 0 atom stereocenters. The molecule has 2 aromatic rings. The predicted molar refractivity (Wildman–Crippen MR) is 79.0 cm³/mol. The van der Waals surface area contributed by atoms with Crippen molar-refractivity contribution in [1.82, 2.24) is 29.7 Å². The highest BCUT2D eigenvalue weighted by Gasteiger charge is 2.20. The molecule has 3 rings (SSSR count). The summed E-state index contributed by atoms with van der Waals surface area (Å²) in [5, 5.41) is 4.03. The number of rotatable bonds is 3. The van der Waals surface area contributed by atoms with Crippen LogP contribution in [0.4, 0.5) is 11.9 Å². The second-order valence-corrected chi connectivity index (χ2v) is 5.39. The van der Waals surface area contributed by atoms with E-state index in [1.54, 1.807) is 6.33 Å². The molecule has 1 saturated carbocycles. The first-order chi connectivity index (χ1) is 10.2. The van der Waals surface area contributed by atoms with Crippen LogP contribution in [0.1, 0.15) is 38.5 Å². The lowest BCUT2D eigenvalue weighted by molar-refractivity contribution is 0.543. The molecule has 0 amide bonds. The quantitative estimate of drug-likeness (QED) is 0.847. The summed E-state index contributed by atoms with van der Waals surface area (Å²) in [6, 6.07) is 0.456. The minimum Gasteiger partial charge on any atom is -0.368 e. The van der Waals surface area contributed by atoms with Gasteiger partial charge in [-0.25, -0.2) is 4.98 Å². The van der Waals surface area contributed by atoms with Gasteiger partial charge in [0.25, 0.3) is 5.95 Å². The SMILES string of the molecule is CN(c1nc(N)nc(-n2cncn2)n1)C1CCCCCC1. The van der Waals surface area contributed by atoms with E-state index in [2.05, 4.69) is 29.9 Å². The molecule has 1 fully saturated rings. The maximum Gasteiger partial charge on any atom is 0.258 e. The zero-order valence-electron chi connectivity index (χ0n) is 12.2. The topological polar surface area (TPSA) is 98.6 Å². The Morgan fingerprint density at radius 3 is 2.57 bits per heavy atom. The average Bonchev–Trinajstić information content (AvgIpc) is 2.89. The predicted octanol–water partition coefficient (Wildman–Crippen LogP) is 1.19. The van der Waals surface area contributed by atoms with E-state index < -0.39 is 0 Å². The largest absolute Gasteiger partial charge is 0.368 e. The third kappa shape index (κ3) is 3.09. The fourth-order valence-electron chi connectivity index (χ4n) is 2.75. The minimum atomic E-state index is 0.200. The maximum atomic E-state index is 5.81. The van der Waals surface area contributed by atoms with E-state index >= 15 is 0 Å². The summed E-state index contributed by atoms with van der Waals surface area (Å²) < 4.78 is 1.49. The molecule has 2 heterocycles. The van der Waals surface area contributed by atoms with Gasteiger partial charge in [-0.3, -0.25) is 0 Å². The number of nitrogens with two attached hydrogens (primary N) is 1. The molecule has 2 aromatic heterocycles. The van der Waals surface area contributed by atoms with Gasteiger partial charge in [0.2, 0.25) is 11.9 Å². The third-order valence-electron chi connectivity index (χ3n) is 3.94. The second kappa shape index (κ2) is 6.02. The molecular weight excluding hydrogens is 268 g/mol. The van der Waals surface area contributed by atoms with Crippen LogP contribution in [-0.2, 0) is 0 Å². The number of hydrogen-bond donors (Lipinski definition) is 1. The Morgan fingerprint density at radius 2 is 1.90 bits per heavy atom. The zero-order valence-corrected chi connectivity index (χ0v) is 12.2. The summed E-state index contributed by atoms with van der Waals surface area (Å²) in [5.41, 5.74) is 5.81. The van der Waals surface area contributed by atoms with Crippen molar-refractivity contribution in [3.8, 4) is 5.95 Å². The van der Waals surface area contributed by atoms with Crippen LogP contribution < -0.4 is 10.6 Å². The van der Waals surface area contributed by atoms with E-state index in [4.69, 9.17) is 5.73 Å². The molecule has 112 valence electrons. The highest BCUT2D eigenvalue weighted by molar-refractivity contribution is 5.37. The Bertz CT molecular complexity index is 574. The monoisotopic (exact) mass is 288 g/mol. The molecule has 0 spiro atoms. The van der Waals surface area contributed by atoms with E-state index in [0.717, 1.165) is 0 Å². The van der Waals surface area contributed by atoms with Gasteiger partial charge < -0.3 is 10.6 Å². The molecule has 0 aliphatic heterocycles. The Balaban J connectivity index is 1.87. The first kappa shape index (κ1) is 13.7. The van der Waals surface area contributed by atoms with Gasteiger partial charge in [-0.1, -0.05) is 25.7 Å². The van der Waals surface area contributed by atoms with Crippen molar-refractivity contribution in [1.29, 1.82) is 0 Å². The molecule has 0 saturated heterocycles. The Morgan fingerprint density at radius 1 is 1.14 bits per heavy atom. The number of aromatic nitrogens is 6. The molecular formula is C13H20N8. The normalized spacial score (nSPS) is 16.6. The molecule has 8 heteroatoms. The lowest BCUT2D eigenvalue weighted by atomic mass is 10.1. The molecule has 0 radical (unpaired) electrons. The van der Waals surface area contributed by atoms with Crippen LogP contribution in [0, 0.1) is 0 Å². The lowest BCUT2D eigenvalue weighted by Gasteiger charge is -2.27.